The van der Waals surface area contributed by atoms with E-state index in [1.54, 1.807) is 12.1 Å². The van der Waals surface area contributed by atoms with E-state index in [1.165, 1.54) is 11.8 Å². The molecule has 2 aromatic rings. The molecular weight excluding hydrogens is 542 g/mol. The first kappa shape index (κ1) is 32.6. The number of amides is 2. The molecule has 1 aromatic carbocycles. The van der Waals surface area contributed by atoms with Crippen molar-refractivity contribution in [1.82, 2.24) is 25.7 Å². The SMILES string of the molecule is Cc1ccc(OC(=O)NC2(C(=O)NC(CC(C)C)C(=O)c3nnc(SCCN(C)C)o3)CCCCC2)cc1.Cl. The molecule has 0 bridgehead atoms. The predicted molar refractivity (Wildman–Crippen MR) is 153 cm³/mol. The van der Waals surface area contributed by atoms with Gasteiger partial charge in [-0.25, -0.2) is 4.79 Å². The average molecular weight is 582 g/mol. The Morgan fingerprint density at radius 1 is 1.10 bits per heavy atom. The van der Waals surface area contributed by atoms with Gasteiger partial charge in [0, 0.05) is 12.3 Å². The number of hydrogen-bond acceptors (Lipinski definition) is 9. The fourth-order valence-corrected chi connectivity index (χ4v) is 5.20. The molecule has 1 aliphatic carbocycles. The molecule has 216 valence electrons. The van der Waals surface area contributed by atoms with Crippen LogP contribution in [0, 0.1) is 12.8 Å². The molecule has 1 aliphatic rings. The zero-order valence-electron chi connectivity index (χ0n) is 23.3. The van der Waals surface area contributed by atoms with E-state index < -0.39 is 29.4 Å². The van der Waals surface area contributed by atoms with E-state index >= 15 is 0 Å². The van der Waals surface area contributed by atoms with E-state index in [0.29, 0.717) is 30.2 Å². The lowest BCUT2D eigenvalue weighted by Gasteiger charge is -2.37. The minimum absolute atomic E-state index is 0. The van der Waals surface area contributed by atoms with Crippen LogP contribution in [0.2, 0.25) is 0 Å². The molecule has 0 aliphatic heterocycles. The molecule has 10 nitrogen and oxygen atoms in total. The maximum atomic E-state index is 13.7. The number of Topliss-reactive ketones (excluding diaryl/α,β-unsaturated/α-hetero) is 1. The summed E-state index contributed by atoms with van der Waals surface area (Å²) in [5.41, 5.74) is -0.125. The van der Waals surface area contributed by atoms with Crippen molar-refractivity contribution in [3.8, 4) is 5.75 Å². The summed E-state index contributed by atoms with van der Waals surface area (Å²) in [6, 6.07) is 6.24. The maximum Gasteiger partial charge on any atom is 0.413 e. The number of halogens is 1. The normalized spacial score (nSPS) is 15.4. The number of nitrogens with one attached hydrogen (secondary N) is 2. The number of carbonyl (C=O) groups excluding carboxylic acids is 3. The lowest BCUT2D eigenvalue weighted by molar-refractivity contribution is -0.129. The van der Waals surface area contributed by atoms with Gasteiger partial charge in [-0.3, -0.25) is 9.59 Å². The number of thioether (sulfide) groups is 1. The molecule has 1 aromatic heterocycles. The highest BCUT2D eigenvalue weighted by molar-refractivity contribution is 7.99. The summed E-state index contributed by atoms with van der Waals surface area (Å²) >= 11 is 1.37. The Balaban J connectivity index is 0.00000533. The standard InChI is InChI=1S/C27H39N5O5S.ClH/c1-18(2)17-21(22(33)23-30-31-26(37-23)38-16-15-32(4)5)28-24(34)27(13-7-6-8-14-27)29-25(35)36-20-11-9-19(3)10-12-20;/h9-12,18,21H,6-8,13-17H2,1-5H3,(H,28,34)(H,29,35);1H. The van der Waals surface area contributed by atoms with E-state index in [2.05, 4.69) is 20.8 Å². The van der Waals surface area contributed by atoms with Crippen LogP contribution in [0.25, 0.3) is 0 Å². The molecule has 39 heavy (non-hydrogen) atoms. The molecule has 2 amide bonds. The monoisotopic (exact) mass is 581 g/mol. The van der Waals surface area contributed by atoms with Crippen LogP contribution in [0.1, 0.15) is 68.6 Å². The van der Waals surface area contributed by atoms with Gasteiger partial charge < -0.3 is 24.7 Å². The van der Waals surface area contributed by atoms with Crippen molar-refractivity contribution in [3.05, 3.63) is 35.7 Å². The minimum Gasteiger partial charge on any atom is -0.410 e. The lowest BCUT2D eigenvalue weighted by Crippen LogP contribution is -2.62. The quantitative estimate of drug-likeness (QED) is 0.272. The van der Waals surface area contributed by atoms with Crippen LogP contribution < -0.4 is 15.4 Å². The number of hydrogen-bond donors (Lipinski definition) is 2. The molecule has 12 heteroatoms. The van der Waals surface area contributed by atoms with Gasteiger partial charge in [0.2, 0.25) is 11.7 Å². The molecule has 2 N–H and O–H groups in total. The topological polar surface area (TPSA) is 127 Å². The van der Waals surface area contributed by atoms with Gasteiger partial charge in [-0.05, 0) is 58.3 Å². The van der Waals surface area contributed by atoms with E-state index in [1.807, 2.05) is 51.9 Å². The molecule has 1 heterocycles. The molecule has 1 unspecified atom stereocenters. The van der Waals surface area contributed by atoms with Crippen LogP contribution in [-0.2, 0) is 4.79 Å². The number of aromatic nitrogens is 2. The van der Waals surface area contributed by atoms with Gasteiger partial charge in [-0.15, -0.1) is 22.6 Å². The van der Waals surface area contributed by atoms with Crippen LogP contribution in [0.5, 0.6) is 5.75 Å². The van der Waals surface area contributed by atoms with E-state index in [9.17, 15) is 14.4 Å². The number of carbonyl (C=O) groups is 3. The van der Waals surface area contributed by atoms with Gasteiger partial charge in [0.15, 0.2) is 0 Å². The van der Waals surface area contributed by atoms with Crippen LogP contribution >= 0.6 is 24.2 Å². The first-order valence-electron chi connectivity index (χ1n) is 13.1. The average Bonchev–Trinajstić information content (AvgIpc) is 3.33. The third kappa shape index (κ3) is 9.81. The number of rotatable bonds is 12. The fourth-order valence-electron chi connectivity index (χ4n) is 4.33. The highest BCUT2D eigenvalue weighted by Gasteiger charge is 2.43. The Labute approximate surface area is 240 Å². The summed E-state index contributed by atoms with van der Waals surface area (Å²) in [4.78, 5) is 41.9. The molecular formula is C27H40ClN5O5S. The van der Waals surface area contributed by atoms with Crippen LogP contribution in [-0.4, -0.2) is 70.9 Å². The van der Waals surface area contributed by atoms with Crippen LogP contribution in [0.15, 0.2) is 33.9 Å². The first-order chi connectivity index (χ1) is 18.1. The molecule has 3 rings (SSSR count). The lowest BCUT2D eigenvalue weighted by atomic mass is 9.80. The maximum absolute atomic E-state index is 13.7. The number of nitrogens with zero attached hydrogens (tertiary/aromatic N) is 3. The van der Waals surface area contributed by atoms with E-state index in [4.69, 9.17) is 9.15 Å². The van der Waals surface area contributed by atoms with Crippen molar-refractivity contribution < 1.29 is 23.5 Å². The molecule has 0 spiro atoms. The number of ether oxygens (including phenoxy) is 1. The van der Waals surface area contributed by atoms with Crippen molar-refractivity contribution in [3.63, 3.8) is 0 Å². The molecule has 1 saturated carbocycles. The summed E-state index contributed by atoms with van der Waals surface area (Å²) in [5.74, 6) is 0.268. The molecule has 1 fully saturated rings. The van der Waals surface area contributed by atoms with Gasteiger partial charge in [0.1, 0.15) is 11.3 Å². The van der Waals surface area contributed by atoms with Crippen molar-refractivity contribution >= 4 is 42.0 Å². The number of ketones is 1. The summed E-state index contributed by atoms with van der Waals surface area (Å²) < 4.78 is 11.1. The van der Waals surface area contributed by atoms with Gasteiger partial charge in [0.05, 0.1) is 6.04 Å². The fraction of sp³-hybridized carbons (Fsp3) is 0.593. The zero-order valence-corrected chi connectivity index (χ0v) is 25.0. The Kier molecular flexibility index (Phi) is 12.7. The Morgan fingerprint density at radius 2 is 1.77 bits per heavy atom. The van der Waals surface area contributed by atoms with Crippen molar-refractivity contribution in [1.29, 1.82) is 0 Å². The van der Waals surface area contributed by atoms with Crippen LogP contribution in [0.4, 0.5) is 4.79 Å². The van der Waals surface area contributed by atoms with Gasteiger partial charge >= 0.3 is 6.09 Å². The summed E-state index contributed by atoms with van der Waals surface area (Å²) in [7, 11) is 3.94. The molecule has 0 saturated heterocycles. The number of benzene rings is 1. The third-order valence-electron chi connectivity index (χ3n) is 6.42. The smallest absolute Gasteiger partial charge is 0.410 e. The van der Waals surface area contributed by atoms with Crippen molar-refractivity contribution in [2.45, 2.75) is 76.1 Å². The second-order valence-corrected chi connectivity index (χ2v) is 11.6. The van der Waals surface area contributed by atoms with Crippen LogP contribution in [0.3, 0.4) is 0 Å². The highest BCUT2D eigenvalue weighted by Crippen LogP contribution is 2.29. The van der Waals surface area contributed by atoms with Gasteiger partial charge in [-0.2, -0.15) is 0 Å². The molecule has 1 atom stereocenters. The van der Waals surface area contributed by atoms with Crippen molar-refractivity contribution in [2.24, 2.45) is 5.92 Å². The Morgan fingerprint density at radius 3 is 2.38 bits per heavy atom. The second-order valence-electron chi connectivity index (χ2n) is 10.5. The van der Waals surface area contributed by atoms with Gasteiger partial charge in [0.25, 0.3) is 11.1 Å². The minimum atomic E-state index is -1.17. The predicted octanol–water partition coefficient (Wildman–Crippen LogP) is 4.66. The summed E-state index contributed by atoms with van der Waals surface area (Å²) in [6.45, 7) is 6.70. The third-order valence-corrected chi connectivity index (χ3v) is 7.22. The van der Waals surface area contributed by atoms with Crippen molar-refractivity contribution in [2.75, 3.05) is 26.4 Å². The van der Waals surface area contributed by atoms with Gasteiger partial charge in [-0.1, -0.05) is 62.6 Å². The first-order valence-corrected chi connectivity index (χ1v) is 14.1. The Bertz CT molecular complexity index is 1090. The highest BCUT2D eigenvalue weighted by atomic mass is 35.5. The molecule has 0 radical (unpaired) electrons. The number of aryl methyl sites for hydroxylation is 1. The van der Waals surface area contributed by atoms with E-state index in [0.717, 1.165) is 37.1 Å². The largest absolute Gasteiger partial charge is 0.413 e. The zero-order chi connectivity index (χ0) is 27.7. The second kappa shape index (κ2) is 15.2. The summed E-state index contributed by atoms with van der Waals surface area (Å²) in [5, 5.41) is 14.0. The summed E-state index contributed by atoms with van der Waals surface area (Å²) in [6.07, 6.45) is 3.12. The van der Waals surface area contributed by atoms with E-state index in [-0.39, 0.29) is 24.2 Å². The Hall–Kier alpha value is -2.63.